The predicted octanol–water partition coefficient (Wildman–Crippen LogP) is 4.08. The molecule has 0 aliphatic rings. The van der Waals surface area contributed by atoms with Crippen molar-refractivity contribution in [3.8, 4) is 0 Å². The van der Waals surface area contributed by atoms with Crippen LogP contribution < -0.4 is 15.5 Å². The molecule has 0 bridgehead atoms. The van der Waals surface area contributed by atoms with Gasteiger partial charge < -0.3 is 15.5 Å². The fourth-order valence-electron chi connectivity index (χ4n) is 3.01. The molecule has 148 valence electrons. The number of nitrogens with zero attached hydrogens (tertiary/aromatic N) is 1. The number of rotatable bonds is 8. The quantitative estimate of drug-likeness (QED) is 0.612. The van der Waals surface area contributed by atoms with E-state index >= 15 is 0 Å². The van der Waals surface area contributed by atoms with Gasteiger partial charge in [0.05, 0.1) is 6.54 Å². The summed E-state index contributed by atoms with van der Waals surface area (Å²) in [5.74, 6) is -0.180. The Morgan fingerprint density at radius 2 is 1.55 bits per heavy atom. The van der Waals surface area contributed by atoms with Crippen LogP contribution in [0.3, 0.4) is 0 Å². The maximum atomic E-state index is 12.9. The van der Waals surface area contributed by atoms with Gasteiger partial charge in [-0.2, -0.15) is 0 Å². The lowest BCUT2D eigenvalue weighted by atomic mass is 10.1. The van der Waals surface area contributed by atoms with Crippen molar-refractivity contribution in [1.29, 1.82) is 0 Å². The Hall–Kier alpha value is -3.60. The van der Waals surface area contributed by atoms with Gasteiger partial charge in [0.25, 0.3) is 5.91 Å². The minimum atomic E-state index is -0.106. The summed E-state index contributed by atoms with van der Waals surface area (Å²) in [6.07, 6.45) is 0. The van der Waals surface area contributed by atoms with Gasteiger partial charge in [0.1, 0.15) is 0 Å². The van der Waals surface area contributed by atoms with Crippen LogP contribution in [0.1, 0.15) is 22.8 Å². The third kappa shape index (κ3) is 5.69. The number of hydrogen-bond acceptors (Lipinski definition) is 3. The van der Waals surface area contributed by atoms with E-state index in [1.54, 1.807) is 17.0 Å². The van der Waals surface area contributed by atoms with Crippen LogP contribution in [0.4, 0.5) is 11.4 Å². The van der Waals surface area contributed by atoms with Crippen LogP contribution in [0.5, 0.6) is 0 Å². The number of hydrogen-bond donors (Lipinski definition) is 2. The molecule has 0 heterocycles. The van der Waals surface area contributed by atoms with Gasteiger partial charge in [-0.3, -0.25) is 9.59 Å². The summed E-state index contributed by atoms with van der Waals surface area (Å²) in [7, 11) is 0. The average molecular weight is 387 g/mol. The molecule has 0 unspecified atom stereocenters. The van der Waals surface area contributed by atoms with Crippen LogP contribution in [-0.2, 0) is 11.3 Å². The minimum Gasteiger partial charge on any atom is -0.376 e. The van der Waals surface area contributed by atoms with Crippen LogP contribution >= 0.6 is 0 Å². The third-order valence-electron chi connectivity index (χ3n) is 4.52. The van der Waals surface area contributed by atoms with E-state index in [2.05, 4.69) is 10.6 Å². The lowest BCUT2D eigenvalue weighted by Gasteiger charge is -2.21. The summed E-state index contributed by atoms with van der Waals surface area (Å²) in [6.45, 7) is 3.15. The first-order valence-corrected chi connectivity index (χ1v) is 9.69. The lowest BCUT2D eigenvalue weighted by molar-refractivity contribution is -0.119. The van der Waals surface area contributed by atoms with E-state index in [1.165, 1.54) is 0 Å². The molecule has 3 aromatic carbocycles. The van der Waals surface area contributed by atoms with Gasteiger partial charge in [0.2, 0.25) is 5.91 Å². The summed E-state index contributed by atoms with van der Waals surface area (Å²) in [5.41, 5.74) is 3.22. The zero-order valence-corrected chi connectivity index (χ0v) is 16.5. The molecule has 0 aromatic heterocycles. The Morgan fingerprint density at radius 1 is 0.862 bits per heavy atom. The SMILES string of the molecule is CCN(C(=O)c1cccc(NCC(=O)NCc2ccccc2)c1)c1ccccc1. The van der Waals surface area contributed by atoms with Crippen molar-refractivity contribution in [1.82, 2.24) is 5.32 Å². The topological polar surface area (TPSA) is 61.4 Å². The molecule has 3 rings (SSSR count). The number of para-hydroxylation sites is 1. The molecule has 0 spiro atoms. The van der Waals surface area contributed by atoms with E-state index < -0.39 is 0 Å². The highest BCUT2D eigenvalue weighted by molar-refractivity contribution is 6.06. The Kier molecular flexibility index (Phi) is 7.00. The second-order valence-electron chi connectivity index (χ2n) is 6.58. The standard InChI is InChI=1S/C24H25N3O2/c1-2-27(22-14-7-4-8-15-22)24(29)20-12-9-13-21(16-20)25-18-23(28)26-17-19-10-5-3-6-11-19/h3-16,25H,2,17-18H2,1H3,(H,26,28). The fraction of sp³-hybridized carbons (Fsp3) is 0.167. The van der Waals surface area contributed by atoms with Crippen LogP contribution in [0.2, 0.25) is 0 Å². The Bertz CT molecular complexity index is 943. The summed E-state index contributed by atoms with van der Waals surface area (Å²) < 4.78 is 0. The zero-order chi connectivity index (χ0) is 20.5. The van der Waals surface area contributed by atoms with Crippen molar-refractivity contribution in [3.05, 3.63) is 96.1 Å². The van der Waals surface area contributed by atoms with Gasteiger partial charge in [0.15, 0.2) is 0 Å². The van der Waals surface area contributed by atoms with E-state index in [-0.39, 0.29) is 18.4 Å². The first-order valence-electron chi connectivity index (χ1n) is 9.69. The molecule has 5 heteroatoms. The summed E-state index contributed by atoms with van der Waals surface area (Å²) in [4.78, 5) is 26.8. The van der Waals surface area contributed by atoms with Crippen molar-refractivity contribution in [2.45, 2.75) is 13.5 Å². The molecule has 2 amide bonds. The van der Waals surface area contributed by atoms with Gasteiger partial charge in [-0.05, 0) is 42.8 Å². The van der Waals surface area contributed by atoms with Crippen LogP contribution in [0.15, 0.2) is 84.9 Å². The zero-order valence-electron chi connectivity index (χ0n) is 16.5. The number of carbonyl (C=O) groups excluding carboxylic acids is 2. The maximum Gasteiger partial charge on any atom is 0.258 e. The number of nitrogens with one attached hydrogen (secondary N) is 2. The smallest absolute Gasteiger partial charge is 0.258 e. The molecule has 3 aromatic rings. The van der Waals surface area contributed by atoms with Gasteiger partial charge in [-0.15, -0.1) is 0 Å². The highest BCUT2D eigenvalue weighted by Crippen LogP contribution is 2.18. The monoisotopic (exact) mass is 387 g/mol. The highest BCUT2D eigenvalue weighted by atomic mass is 16.2. The highest BCUT2D eigenvalue weighted by Gasteiger charge is 2.16. The van der Waals surface area contributed by atoms with Gasteiger partial charge in [-0.1, -0.05) is 54.6 Å². The van der Waals surface area contributed by atoms with Gasteiger partial charge in [-0.25, -0.2) is 0 Å². The van der Waals surface area contributed by atoms with Crippen LogP contribution in [0, 0.1) is 0 Å². The molecule has 0 aliphatic carbocycles. The Morgan fingerprint density at radius 3 is 2.24 bits per heavy atom. The second kappa shape index (κ2) is 10.1. The molecule has 2 N–H and O–H groups in total. The van der Waals surface area contributed by atoms with Crippen molar-refractivity contribution in [2.24, 2.45) is 0 Å². The first-order chi connectivity index (χ1) is 14.2. The molecule has 0 radical (unpaired) electrons. The molecule has 29 heavy (non-hydrogen) atoms. The van der Waals surface area contributed by atoms with E-state index in [1.807, 2.05) is 79.7 Å². The van der Waals surface area contributed by atoms with E-state index in [9.17, 15) is 9.59 Å². The summed E-state index contributed by atoms with van der Waals surface area (Å²) in [5, 5.41) is 5.97. The fourth-order valence-corrected chi connectivity index (χ4v) is 3.01. The normalized spacial score (nSPS) is 10.2. The number of benzene rings is 3. The lowest BCUT2D eigenvalue weighted by Crippen LogP contribution is -2.31. The summed E-state index contributed by atoms with van der Waals surface area (Å²) >= 11 is 0. The number of anilines is 2. The van der Waals surface area contributed by atoms with E-state index in [0.29, 0.717) is 18.7 Å². The molecule has 0 atom stereocenters. The Labute approximate surface area is 171 Å². The van der Waals surface area contributed by atoms with Crippen molar-refractivity contribution >= 4 is 23.2 Å². The third-order valence-corrected chi connectivity index (χ3v) is 4.52. The Balaban J connectivity index is 1.59. The first kappa shape index (κ1) is 20.1. The largest absolute Gasteiger partial charge is 0.376 e. The maximum absolute atomic E-state index is 12.9. The molecular weight excluding hydrogens is 362 g/mol. The van der Waals surface area contributed by atoms with Crippen molar-refractivity contribution in [2.75, 3.05) is 23.3 Å². The van der Waals surface area contributed by atoms with E-state index in [0.717, 1.165) is 16.9 Å². The second-order valence-corrected chi connectivity index (χ2v) is 6.58. The molecule has 0 saturated heterocycles. The molecule has 0 saturated carbocycles. The predicted molar refractivity (Wildman–Crippen MR) is 117 cm³/mol. The van der Waals surface area contributed by atoms with Gasteiger partial charge >= 0.3 is 0 Å². The van der Waals surface area contributed by atoms with E-state index in [4.69, 9.17) is 0 Å². The molecule has 5 nitrogen and oxygen atoms in total. The van der Waals surface area contributed by atoms with Crippen LogP contribution in [-0.4, -0.2) is 24.9 Å². The number of amides is 2. The minimum absolute atomic E-state index is 0.0733. The number of carbonyl (C=O) groups is 2. The average Bonchev–Trinajstić information content (AvgIpc) is 2.78. The van der Waals surface area contributed by atoms with Gasteiger partial charge in [0, 0.05) is 30.0 Å². The molecular formula is C24H25N3O2. The van der Waals surface area contributed by atoms with Crippen molar-refractivity contribution in [3.63, 3.8) is 0 Å². The van der Waals surface area contributed by atoms with Crippen LogP contribution in [0.25, 0.3) is 0 Å². The van der Waals surface area contributed by atoms with Crippen molar-refractivity contribution < 1.29 is 9.59 Å². The molecule has 0 aliphatic heterocycles. The molecule has 0 fully saturated rings. The summed E-state index contributed by atoms with van der Waals surface area (Å²) in [6, 6.07) is 26.6.